The highest BCUT2D eigenvalue weighted by Gasteiger charge is 2.18. The molecule has 0 aliphatic heterocycles. The Morgan fingerprint density at radius 2 is 2.18 bits per heavy atom. The molecule has 0 unspecified atom stereocenters. The summed E-state index contributed by atoms with van der Waals surface area (Å²) < 4.78 is 30.5. The minimum Gasteiger partial charge on any atom is -0.338 e. The molecule has 0 aliphatic rings. The molecule has 0 amide bonds. The quantitative estimate of drug-likeness (QED) is 0.893. The normalized spacial score (nSPS) is 11.1. The number of hydrogen-bond acceptors (Lipinski definition) is 4. The first kappa shape index (κ1) is 11.7. The molecule has 0 aliphatic carbocycles. The maximum atomic E-state index is 12.8. The first-order valence-corrected chi connectivity index (χ1v) is 5.03. The van der Waals surface area contributed by atoms with Crippen molar-refractivity contribution in [2.75, 3.05) is 0 Å². The van der Waals surface area contributed by atoms with Gasteiger partial charge in [-0.2, -0.15) is 4.98 Å². The fraction of sp³-hybridized carbons (Fsp3) is 0.273. The molecule has 0 bridgehead atoms. The number of alkyl halides is 2. The largest absolute Gasteiger partial charge is 0.338 e. The molecule has 2 rings (SSSR count). The van der Waals surface area contributed by atoms with Crippen LogP contribution in [-0.4, -0.2) is 10.1 Å². The summed E-state index contributed by atoms with van der Waals surface area (Å²) in [6, 6.07) is 4.59. The fourth-order valence-electron chi connectivity index (χ4n) is 1.50. The summed E-state index contributed by atoms with van der Waals surface area (Å²) in [5.41, 5.74) is 6.34. The average Bonchev–Trinajstić information content (AvgIpc) is 2.76. The third kappa shape index (κ3) is 2.31. The number of hydrogen-bond donors (Lipinski definition) is 1. The first-order valence-electron chi connectivity index (χ1n) is 5.03. The molecule has 0 fully saturated rings. The Morgan fingerprint density at radius 1 is 1.41 bits per heavy atom. The summed E-state index contributed by atoms with van der Waals surface area (Å²) in [7, 11) is 0. The van der Waals surface area contributed by atoms with Crippen LogP contribution in [0.3, 0.4) is 0 Å². The first-order chi connectivity index (χ1) is 8.11. The smallest absolute Gasteiger partial charge is 0.264 e. The van der Waals surface area contributed by atoms with E-state index in [1.54, 1.807) is 12.1 Å². The van der Waals surface area contributed by atoms with Gasteiger partial charge in [-0.05, 0) is 13.0 Å². The number of aryl methyl sites for hydroxylation is 1. The van der Waals surface area contributed by atoms with Crippen molar-refractivity contribution in [3.05, 3.63) is 35.2 Å². The van der Waals surface area contributed by atoms with Crippen LogP contribution in [0.2, 0.25) is 0 Å². The van der Waals surface area contributed by atoms with Crippen LogP contribution < -0.4 is 5.73 Å². The standard InChI is InChI=1S/C11H11F2N3O/c1-6-2-3-7(10(12)13)8(4-6)11-15-9(5-14)17-16-11/h2-4,10H,5,14H2,1H3. The summed E-state index contributed by atoms with van der Waals surface area (Å²) in [6.07, 6.45) is -2.58. The average molecular weight is 239 g/mol. The van der Waals surface area contributed by atoms with E-state index in [-0.39, 0.29) is 29.4 Å². The van der Waals surface area contributed by atoms with Gasteiger partial charge < -0.3 is 10.3 Å². The molecule has 1 aromatic heterocycles. The molecule has 0 saturated carbocycles. The molecule has 6 heteroatoms. The minimum absolute atomic E-state index is 0.0861. The van der Waals surface area contributed by atoms with Crippen LogP contribution in [0.5, 0.6) is 0 Å². The Morgan fingerprint density at radius 3 is 2.76 bits per heavy atom. The van der Waals surface area contributed by atoms with E-state index in [1.807, 2.05) is 6.92 Å². The van der Waals surface area contributed by atoms with Gasteiger partial charge in [0.1, 0.15) is 0 Å². The molecular weight excluding hydrogens is 228 g/mol. The number of nitrogens with zero attached hydrogens (tertiary/aromatic N) is 2. The van der Waals surface area contributed by atoms with E-state index in [0.29, 0.717) is 0 Å². The van der Waals surface area contributed by atoms with Gasteiger partial charge in [0.2, 0.25) is 11.7 Å². The second-order valence-electron chi connectivity index (χ2n) is 3.61. The Hall–Kier alpha value is -1.82. The zero-order chi connectivity index (χ0) is 12.4. The topological polar surface area (TPSA) is 64.9 Å². The number of halogens is 2. The molecule has 1 aromatic carbocycles. The van der Waals surface area contributed by atoms with Crippen molar-refractivity contribution < 1.29 is 13.3 Å². The number of rotatable bonds is 3. The van der Waals surface area contributed by atoms with E-state index in [4.69, 9.17) is 10.3 Å². The van der Waals surface area contributed by atoms with Gasteiger partial charge >= 0.3 is 0 Å². The lowest BCUT2D eigenvalue weighted by Gasteiger charge is -2.06. The number of nitrogens with two attached hydrogens (primary N) is 1. The highest BCUT2D eigenvalue weighted by Crippen LogP contribution is 2.30. The van der Waals surface area contributed by atoms with Crippen LogP contribution >= 0.6 is 0 Å². The van der Waals surface area contributed by atoms with Crippen molar-refractivity contribution in [1.29, 1.82) is 0 Å². The maximum absolute atomic E-state index is 12.8. The van der Waals surface area contributed by atoms with Gasteiger partial charge in [-0.3, -0.25) is 0 Å². The summed E-state index contributed by atoms with van der Waals surface area (Å²) in [5.74, 6) is 0.367. The van der Waals surface area contributed by atoms with Gasteiger partial charge in [0, 0.05) is 11.1 Å². The predicted octanol–water partition coefficient (Wildman–Crippen LogP) is 2.44. The molecule has 4 nitrogen and oxygen atoms in total. The van der Waals surface area contributed by atoms with E-state index < -0.39 is 6.43 Å². The molecule has 0 saturated heterocycles. The molecule has 17 heavy (non-hydrogen) atoms. The third-order valence-corrected chi connectivity index (χ3v) is 2.33. The van der Waals surface area contributed by atoms with Crippen molar-refractivity contribution in [3.63, 3.8) is 0 Å². The van der Waals surface area contributed by atoms with E-state index in [0.717, 1.165) is 5.56 Å². The van der Waals surface area contributed by atoms with Crippen molar-refractivity contribution in [2.24, 2.45) is 5.73 Å². The van der Waals surface area contributed by atoms with Gasteiger partial charge in [-0.1, -0.05) is 22.9 Å². The molecule has 0 radical (unpaired) electrons. The van der Waals surface area contributed by atoms with Gasteiger partial charge in [-0.15, -0.1) is 0 Å². The van der Waals surface area contributed by atoms with Crippen LogP contribution in [0.25, 0.3) is 11.4 Å². The van der Waals surface area contributed by atoms with Gasteiger partial charge in [0.25, 0.3) is 6.43 Å². The zero-order valence-corrected chi connectivity index (χ0v) is 9.15. The van der Waals surface area contributed by atoms with Crippen molar-refractivity contribution in [3.8, 4) is 11.4 Å². The van der Waals surface area contributed by atoms with Crippen LogP contribution in [0.15, 0.2) is 22.7 Å². The van der Waals surface area contributed by atoms with Crippen LogP contribution in [-0.2, 0) is 6.54 Å². The van der Waals surface area contributed by atoms with Crippen molar-refractivity contribution in [2.45, 2.75) is 19.9 Å². The molecule has 0 spiro atoms. The second kappa shape index (κ2) is 4.58. The van der Waals surface area contributed by atoms with E-state index >= 15 is 0 Å². The molecule has 2 N–H and O–H groups in total. The highest BCUT2D eigenvalue weighted by atomic mass is 19.3. The molecular formula is C11H11F2N3O. The lowest BCUT2D eigenvalue weighted by atomic mass is 10.0. The second-order valence-corrected chi connectivity index (χ2v) is 3.61. The lowest BCUT2D eigenvalue weighted by molar-refractivity contribution is 0.152. The van der Waals surface area contributed by atoms with Gasteiger partial charge in [-0.25, -0.2) is 8.78 Å². The summed E-state index contributed by atoms with van der Waals surface area (Å²) in [5, 5.41) is 3.64. The van der Waals surface area contributed by atoms with Crippen LogP contribution in [0.1, 0.15) is 23.4 Å². The summed E-state index contributed by atoms with van der Waals surface area (Å²) in [6.45, 7) is 1.89. The third-order valence-electron chi connectivity index (χ3n) is 2.33. The lowest BCUT2D eigenvalue weighted by Crippen LogP contribution is -1.96. The van der Waals surface area contributed by atoms with Gasteiger partial charge in [0.15, 0.2) is 0 Å². The van der Waals surface area contributed by atoms with Gasteiger partial charge in [0.05, 0.1) is 6.54 Å². The highest BCUT2D eigenvalue weighted by molar-refractivity contribution is 5.61. The van der Waals surface area contributed by atoms with Crippen LogP contribution in [0.4, 0.5) is 8.78 Å². The maximum Gasteiger partial charge on any atom is 0.264 e. The molecule has 1 heterocycles. The molecule has 2 aromatic rings. The fourth-order valence-corrected chi connectivity index (χ4v) is 1.50. The van der Waals surface area contributed by atoms with E-state index in [9.17, 15) is 8.78 Å². The van der Waals surface area contributed by atoms with E-state index in [1.165, 1.54) is 6.07 Å². The van der Waals surface area contributed by atoms with E-state index in [2.05, 4.69) is 10.1 Å². The number of benzene rings is 1. The molecule has 0 atom stereocenters. The van der Waals surface area contributed by atoms with Crippen molar-refractivity contribution in [1.82, 2.24) is 10.1 Å². The Kier molecular flexibility index (Phi) is 3.14. The summed E-state index contributed by atoms with van der Waals surface area (Å²) in [4.78, 5) is 3.95. The predicted molar refractivity (Wildman–Crippen MR) is 57.3 cm³/mol. The van der Waals surface area contributed by atoms with Crippen LogP contribution in [0, 0.1) is 6.92 Å². The summed E-state index contributed by atoms with van der Waals surface area (Å²) >= 11 is 0. The monoisotopic (exact) mass is 239 g/mol. The molecule has 90 valence electrons. The Labute approximate surface area is 96.4 Å². The Balaban J connectivity index is 2.52. The number of aromatic nitrogens is 2. The van der Waals surface area contributed by atoms with Crippen molar-refractivity contribution >= 4 is 0 Å². The zero-order valence-electron chi connectivity index (χ0n) is 9.15. The Bertz CT molecular complexity index is 525. The SMILES string of the molecule is Cc1ccc(C(F)F)c(-c2noc(CN)n2)c1. The minimum atomic E-state index is -2.58.